The zero-order valence-electron chi connectivity index (χ0n) is 20.8. The minimum atomic E-state index is -1.22. The highest BCUT2D eigenvalue weighted by Crippen LogP contribution is 2.40. The topological polar surface area (TPSA) is 118 Å². The molecule has 2 unspecified atom stereocenters. The molecule has 192 valence electrons. The summed E-state index contributed by atoms with van der Waals surface area (Å²) in [6, 6.07) is 25.7. The van der Waals surface area contributed by atoms with E-state index in [0.717, 1.165) is 17.3 Å². The van der Waals surface area contributed by atoms with Crippen LogP contribution in [0.15, 0.2) is 89.5 Å². The molecule has 3 aromatic rings. The quantitative estimate of drug-likeness (QED) is 0.316. The van der Waals surface area contributed by atoms with Gasteiger partial charge in [0.2, 0.25) is 11.8 Å². The molecule has 4 rings (SSSR count). The van der Waals surface area contributed by atoms with Gasteiger partial charge in [0.15, 0.2) is 0 Å². The molecule has 0 bridgehead atoms. The van der Waals surface area contributed by atoms with Crippen molar-refractivity contribution in [2.24, 2.45) is 5.92 Å². The van der Waals surface area contributed by atoms with Crippen LogP contribution in [-0.2, 0) is 19.1 Å². The fraction of sp³-hybridized carbons (Fsp3) is 0.172. The standard InChI is InChI=1S/C29H25N3O5S/c1-18-8-10-19(11-9-18)25-23(16-30)28(32-27(34)26(25)29(35)36-2)38-17-24(33)31-20-12-14-22(15-13-20)37-21-6-4-3-5-7-21/h3-15,25-26H,17H2,1-2H3,(H,31,33)(H,32,34). The molecule has 3 aromatic carbocycles. The highest BCUT2D eigenvalue weighted by molar-refractivity contribution is 8.03. The molecule has 9 heteroatoms. The van der Waals surface area contributed by atoms with Gasteiger partial charge in [0, 0.05) is 11.6 Å². The van der Waals surface area contributed by atoms with Crippen LogP contribution in [0.25, 0.3) is 0 Å². The summed E-state index contributed by atoms with van der Waals surface area (Å²) in [5.41, 5.74) is 2.40. The van der Waals surface area contributed by atoms with Gasteiger partial charge in [0.25, 0.3) is 0 Å². The molecular formula is C29H25N3O5S. The maximum absolute atomic E-state index is 12.9. The smallest absolute Gasteiger partial charge is 0.319 e. The van der Waals surface area contributed by atoms with E-state index in [0.29, 0.717) is 22.7 Å². The van der Waals surface area contributed by atoms with Gasteiger partial charge in [0.05, 0.1) is 29.5 Å². The lowest BCUT2D eigenvalue weighted by molar-refractivity contribution is -0.150. The number of para-hydroxylation sites is 1. The maximum Gasteiger partial charge on any atom is 0.319 e. The van der Waals surface area contributed by atoms with Gasteiger partial charge >= 0.3 is 5.97 Å². The Balaban J connectivity index is 1.47. The maximum atomic E-state index is 12.9. The van der Waals surface area contributed by atoms with Crippen LogP contribution < -0.4 is 15.4 Å². The van der Waals surface area contributed by atoms with Crippen molar-refractivity contribution in [3.05, 3.63) is 101 Å². The van der Waals surface area contributed by atoms with Crippen LogP contribution in [0, 0.1) is 24.2 Å². The van der Waals surface area contributed by atoms with Gasteiger partial charge < -0.3 is 20.1 Å². The number of hydrogen-bond acceptors (Lipinski definition) is 7. The Morgan fingerprint density at radius 1 is 1.00 bits per heavy atom. The molecule has 0 aliphatic carbocycles. The van der Waals surface area contributed by atoms with Crippen molar-refractivity contribution in [1.29, 1.82) is 5.26 Å². The van der Waals surface area contributed by atoms with Crippen LogP contribution in [-0.4, -0.2) is 30.6 Å². The Hall–Kier alpha value is -4.55. The first kappa shape index (κ1) is 26.5. The average molecular weight is 528 g/mol. The first-order chi connectivity index (χ1) is 18.4. The molecule has 0 aromatic heterocycles. The Morgan fingerprint density at radius 3 is 2.29 bits per heavy atom. The Bertz CT molecular complexity index is 1400. The molecule has 2 amide bonds. The number of nitriles is 1. The van der Waals surface area contributed by atoms with Crippen LogP contribution in [0.5, 0.6) is 11.5 Å². The van der Waals surface area contributed by atoms with Crippen molar-refractivity contribution >= 4 is 35.2 Å². The largest absolute Gasteiger partial charge is 0.468 e. The monoisotopic (exact) mass is 527 g/mol. The van der Waals surface area contributed by atoms with E-state index in [9.17, 15) is 19.6 Å². The van der Waals surface area contributed by atoms with Gasteiger partial charge in [-0.2, -0.15) is 5.26 Å². The molecular weight excluding hydrogens is 502 g/mol. The van der Waals surface area contributed by atoms with E-state index in [4.69, 9.17) is 9.47 Å². The van der Waals surface area contributed by atoms with Gasteiger partial charge in [0.1, 0.15) is 17.4 Å². The minimum Gasteiger partial charge on any atom is -0.468 e. The van der Waals surface area contributed by atoms with E-state index < -0.39 is 23.7 Å². The Morgan fingerprint density at radius 2 is 1.66 bits per heavy atom. The number of anilines is 1. The molecule has 1 heterocycles. The summed E-state index contributed by atoms with van der Waals surface area (Å²) in [4.78, 5) is 38.1. The molecule has 8 nitrogen and oxygen atoms in total. The zero-order valence-corrected chi connectivity index (χ0v) is 21.6. The molecule has 1 aliphatic heterocycles. The number of nitrogens with zero attached hydrogens (tertiary/aromatic N) is 1. The van der Waals surface area contributed by atoms with Crippen LogP contribution in [0.3, 0.4) is 0 Å². The fourth-order valence-electron chi connectivity index (χ4n) is 4.02. The van der Waals surface area contributed by atoms with E-state index in [2.05, 4.69) is 16.7 Å². The third-order valence-corrected chi connectivity index (χ3v) is 6.90. The number of thioether (sulfide) groups is 1. The molecule has 38 heavy (non-hydrogen) atoms. The number of aryl methyl sites for hydroxylation is 1. The zero-order chi connectivity index (χ0) is 27.1. The van der Waals surface area contributed by atoms with Crippen molar-refractivity contribution in [3.8, 4) is 17.6 Å². The lowest BCUT2D eigenvalue weighted by Crippen LogP contribution is -2.44. The number of nitrogens with one attached hydrogen (secondary N) is 2. The molecule has 0 spiro atoms. The molecule has 2 atom stereocenters. The summed E-state index contributed by atoms with van der Waals surface area (Å²) in [6.45, 7) is 1.92. The summed E-state index contributed by atoms with van der Waals surface area (Å²) in [5, 5.41) is 15.7. The van der Waals surface area contributed by atoms with Gasteiger partial charge in [-0.05, 0) is 48.9 Å². The van der Waals surface area contributed by atoms with E-state index >= 15 is 0 Å². The molecule has 0 fully saturated rings. The fourth-order valence-corrected chi connectivity index (χ4v) is 4.87. The average Bonchev–Trinajstić information content (AvgIpc) is 2.93. The number of ether oxygens (including phenoxy) is 2. The number of allylic oxidation sites excluding steroid dienone is 1. The highest BCUT2D eigenvalue weighted by Gasteiger charge is 2.44. The van der Waals surface area contributed by atoms with Crippen molar-refractivity contribution in [2.45, 2.75) is 12.8 Å². The van der Waals surface area contributed by atoms with Crippen molar-refractivity contribution < 1.29 is 23.9 Å². The first-order valence-corrected chi connectivity index (χ1v) is 12.7. The lowest BCUT2D eigenvalue weighted by atomic mass is 9.78. The van der Waals surface area contributed by atoms with Crippen molar-refractivity contribution in [2.75, 3.05) is 18.2 Å². The first-order valence-electron chi connectivity index (χ1n) is 11.7. The highest BCUT2D eigenvalue weighted by atomic mass is 32.2. The van der Waals surface area contributed by atoms with Crippen LogP contribution in [0.2, 0.25) is 0 Å². The summed E-state index contributed by atoms with van der Waals surface area (Å²) < 4.78 is 10.6. The summed E-state index contributed by atoms with van der Waals surface area (Å²) in [7, 11) is 1.20. The number of benzene rings is 3. The number of esters is 1. The van der Waals surface area contributed by atoms with Crippen molar-refractivity contribution in [1.82, 2.24) is 5.32 Å². The molecule has 2 N–H and O–H groups in total. The SMILES string of the molecule is COC(=O)C1C(=O)NC(SCC(=O)Nc2ccc(Oc3ccccc3)cc2)=C(C#N)C1c1ccc(C)cc1. The van der Waals surface area contributed by atoms with Gasteiger partial charge in [-0.15, -0.1) is 0 Å². The Kier molecular flexibility index (Phi) is 8.46. The Labute approximate surface area is 224 Å². The third kappa shape index (κ3) is 6.22. The van der Waals surface area contributed by atoms with E-state index in [-0.39, 0.29) is 22.3 Å². The molecule has 0 saturated heterocycles. The predicted molar refractivity (Wildman–Crippen MR) is 144 cm³/mol. The lowest BCUT2D eigenvalue weighted by Gasteiger charge is -2.31. The van der Waals surface area contributed by atoms with Crippen LogP contribution in [0.4, 0.5) is 5.69 Å². The number of amides is 2. The van der Waals surface area contributed by atoms with Gasteiger partial charge in [-0.25, -0.2) is 0 Å². The summed E-state index contributed by atoms with van der Waals surface area (Å²) >= 11 is 1.03. The van der Waals surface area contributed by atoms with Crippen LogP contribution >= 0.6 is 11.8 Å². The third-order valence-electron chi connectivity index (χ3n) is 5.88. The summed E-state index contributed by atoms with van der Waals surface area (Å²) in [6.07, 6.45) is 0. The molecule has 0 saturated carbocycles. The van der Waals surface area contributed by atoms with Gasteiger partial charge in [-0.1, -0.05) is 59.8 Å². The van der Waals surface area contributed by atoms with E-state index in [1.165, 1.54) is 7.11 Å². The number of hydrogen-bond donors (Lipinski definition) is 2. The number of carbonyl (C=O) groups excluding carboxylic acids is 3. The summed E-state index contributed by atoms with van der Waals surface area (Å²) in [5.74, 6) is -2.42. The van der Waals surface area contributed by atoms with Crippen LogP contribution in [0.1, 0.15) is 17.0 Å². The number of methoxy groups -OCH3 is 1. The number of rotatable bonds is 8. The van der Waals surface area contributed by atoms with E-state index in [1.807, 2.05) is 49.4 Å². The molecule has 1 aliphatic rings. The minimum absolute atomic E-state index is 0.0629. The number of carbonyl (C=O) groups is 3. The normalized spacial score (nSPS) is 16.7. The second-order valence-electron chi connectivity index (χ2n) is 8.51. The van der Waals surface area contributed by atoms with Gasteiger partial charge in [-0.3, -0.25) is 14.4 Å². The second kappa shape index (κ2) is 12.1. The second-order valence-corrected chi connectivity index (χ2v) is 9.49. The van der Waals surface area contributed by atoms with E-state index in [1.54, 1.807) is 36.4 Å². The molecule has 0 radical (unpaired) electrons. The van der Waals surface area contributed by atoms with Crippen molar-refractivity contribution in [3.63, 3.8) is 0 Å². The predicted octanol–water partition coefficient (Wildman–Crippen LogP) is 4.90.